The molecule has 0 aliphatic carbocycles. The number of rotatable bonds is 4. The molecule has 0 bridgehead atoms. The molecule has 2 N–H and O–H groups in total. The highest BCUT2D eigenvalue weighted by atomic mass is 35.5. The zero-order chi connectivity index (χ0) is 13.8. The fourth-order valence-corrected chi connectivity index (χ4v) is 3.01. The number of nitrogens with two attached hydrogens (primary N) is 1. The Bertz CT molecular complexity index is 525. The van der Waals surface area contributed by atoms with Gasteiger partial charge in [0.25, 0.3) is 0 Å². The molecule has 0 heterocycles. The zero-order valence-corrected chi connectivity index (χ0v) is 12.1. The van der Waals surface area contributed by atoms with Crippen LogP contribution in [0.25, 0.3) is 0 Å². The molecule has 0 spiro atoms. The highest BCUT2D eigenvalue weighted by molar-refractivity contribution is 7.99. The standard InChI is InChI=1S/C15H15ClFNS/c1-10(18)15(11-2-6-13(17)7-3-11)19-14-8-4-12(16)5-9-14/h2-10,15H,18H2,1H3. The third kappa shape index (κ3) is 3.96. The van der Waals surface area contributed by atoms with Crippen molar-refractivity contribution in [2.45, 2.75) is 23.1 Å². The summed E-state index contributed by atoms with van der Waals surface area (Å²) in [6.07, 6.45) is 0. The van der Waals surface area contributed by atoms with E-state index in [2.05, 4.69) is 0 Å². The topological polar surface area (TPSA) is 26.0 Å². The molecule has 0 amide bonds. The highest BCUT2D eigenvalue weighted by Crippen LogP contribution is 2.37. The lowest BCUT2D eigenvalue weighted by atomic mass is 10.1. The smallest absolute Gasteiger partial charge is 0.123 e. The Morgan fingerprint density at radius 1 is 1.05 bits per heavy atom. The minimum Gasteiger partial charge on any atom is -0.327 e. The summed E-state index contributed by atoms with van der Waals surface area (Å²) in [5.41, 5.74) is 7.07. The molecule has 0 saturated heterocycles. The van der Waals surface area contributed by atoms with Crippen LogP contribution in [-0.4, -0.2) is 6.04 Å². The van der Waals surface area contributed by atoms with E-state index in [-0.39, 0.29) is 17.1 Å². The van der Waals surface area contributed by atoms with E-state index in [1.165, 1.54) is 12.1 Å². The van der Waals surface area contributed by atoms with Gasteiger partial charge < -0.3 is 5.73 Å². The zero-order valence-electron chi connectivity index (χ0n) is 10.5. The number of hydrogen-bond donors (Lipinski definition) is 1. The molecule has 2 rings (SSSR count). The molecule has 0 aliphatic heterocycles. The van der Waals surface area contributed by atoms with Crippen molar-refractivity contribution < 1.29 is 4.39 Å². The van der Waals surface area contributed by atoms with Gasteiger partial charge in [-0.2, -0.15) is 0 Å². The van der Waals surface area contributed by atoms with Gasteiger partial charge in [0.2, 0.25) is 0 Å². The fraction of sp³-hybridized carbons (Fsp3) is 0.200. The van der Waals surface area contributed by atoms with Crippen LogP contribution >= 0.6 is 23.4 Å². The molecule has 100 valence electrons. The van der Waals surface area contributed by atoms with Crippen molar-refractivity contribution in [3.05, 3.63) is 64.9 Å². The Labute approximate surface area is 122 Å². The first-order valence-corrected chi connectivity index (χ1v) is 7.25. The average molecular weight is 296 g/mol. The molecule has 4 heteroatoms. The quantitative estimate of drug-likeness (QED) is 0.830. The summed E-state index contributed by atoms with van der Waals surface area (Å²) in [7, 11) is 0. The minimum absolute atomic E-state index is 0.0360. The maximum absolute atomic E-state index is 13.0. The maximum atomic E-state index is 13.0. The lowest BCUT2D eigenvalue weighted by molar-refractivity contribution is 0.625. The first-order valence-electron chi connectivity index (χ1n) is 5.99. The van der Waals surface area contributed by atoms with Crippen molar-refractivity contribution in [3.63, 3.8) is 0 Å². The first-order chi connectivity index (χ1) is 9.06. The molecule has 0 radical (unpaired) electrons. The van der Waals surface area contributed by atoms with Crippen LogP contribution in [0.15, 0.2) is 53.4 Å². The second-order valence-corrected chi connectivity index (χ2v) is 6.05. The molecule has 0 saturated carbocycles. The Morgan fingerprint density at radius 2 is 1.63 bits per heavy atom. The molecule has 0 aliphatic rings. The average Bonchev–Trinajstić information content (AvgIpc) is 2.39. The highest BCUT2D eigenvalue weighted by Gasteiger charge is 2.17. The van der Waals surface area contributed by atoms with Crippen LogP contribution in [-0.2, 0) is 0 Å². The van der Waals surface area contributed by atoms with Crippen LogP contribution in [0.3, 0.4) is 0 Å². The molecule has 19 heavy (non-hydrogen) atoms. The van der Waals surface area contributed by atoms with Gasteiger partial charge in [0.15, 0.2) is 0 Å². The summed E-state index contributed by atoms with van der Waals surface area (Å²) in [6.45, 7) is 1.96. The molecule has 0 aromatic heterocycles. The molecule has 2 aromatic carbocycles. The van der Waals surface area contributed by atoms with Gasteiger partial charge in [0.1, 0.15) is 5.82 Å². The fourth-order valence-electron chi connectivity index (χ4n) is 1.79. The van der Waals surface area contributed by atoms with Gasteiger partial charge in [-0.3, -0.25) is 0 Å². The predicted molar refractivity (Wildman–Crippen MR) is 80.1 cm³/mol. The summed E-state index contributed by atoms with van der Waals surface area (Å²) < 4.78 is 13.0. The number of halogens is 2. The van der Waals surface area contributed by atoms with Crippen LogP contribution in [0.5, 0.6) is 0 Å². The van der Waals surface area contributed by atoms with Crippen molar-refractivity contribution in [1.82, 2.24) is 0 Å². The monoisotopic (exact) mass is 295 g/mol. The van der Waals surface area contributed by atoms with E-state index in [0.717, 1.165) is 10.5 Å². The van der Waals surface area contributed by atoms with Gasteiger partial charge in [-0.15, -0.1) is 11.8 Å². The van der Waals surface area contributed by atoms with E-state index in [1.807, 2.05) is 31.2 Å². The van der Waals surface area contributed by atoms with E-state index in [0.29, 0.717) is 5.02 Å². The predicted octanol–water partition coefficient (Wildman–Crippen LogP) is 4.66. The number of hydrogen-bond acceptors (Lipinski definition) is 2. The van der Waals surface area contributed by atoms with Gasteiger partial charge in [0, 0.05) is 21.2 Å². The Morgan fingerprint density at radius 3 is 2.16 bits per heavy atom. The Kier molecular flexibility index (Phi) is 4.86. The molecular formula is C15H15ClFNS. The van der Waals surface area contributed by atoms with Crippen molar-refractivity contribution in [3.8, 4) is 0 Å². The summed E-state index contributed by atoms with van der Waals surface area (Å²) in [5.74, 6) is -0.233. The van der Waals surface area contributed by atoms with Crippen molar-refractivity contribution in [1.29, 1.82) is 0 Å². The van der Waals surface area contributed by atoms with Crippen molar-refractivity contribution in [2.75, 3.05) is 0 Å². The van der Waals surface area contributed by atoms with E-state index >= 15 is 0 Å². The third-order valence-electron chi connectivity index (χ3n) is 2.75. The van der Waals surface area contributed by atoms with E-state index in [4.69, 9.17) is 17.3 Å². The molecule has 2 atom stereocenters. The number of thioether (sulfide) groups is 1. The second kappa shape index (κ2) is 6.42. The number of benzene rings is 2. The molecule has 2 aromatic rings. The van der Waals surface area contributed by atoms with E-state index in [9.17, 15) is 4.39 Å². The molecule has 1 nitrogen and oxygen atoms in total. The van der Waals surface area contributed by atoms with E-state index < -0.39 is 0 Å². The van der Waals surface area contributed by atoms with Crippen molar-refractivity contribution >= 4 is 23.4 Å². The largest absolute Gasteiger partial charge is 0.327 e. The van der Waals surface area contributed by atoms with Crippen LogP contribution in [0.1, 0.15) is 17.7 Å². The second-order valence-electron chi connectivity index (χ2n) is 4.40. The molecule has 2 unspecified atom stereocenters. The lowest BCUT2D eigenvalue weighted by Gasteiger charge is -2.21. The normalized spacial score (nSPS) is 14.1. The molecule has 0 fully saturated rings. The Hall–Kier alpha value is -1.03. The van der Waals surface area contributed by atoms with E-state index in [1.54, 1.807) is 23.9 Å². The maximum Gasteiger partial charge on any atom is 0.123 e. The van der Waals surface area contributed by atoms with Crippen LogP contribution < -0.4 is 5.73 Å². The minimum atomic E-state index is -0.233. The SMILES string of the molecule is CC(N)C(Sc1ccc(Cl)cc1)c1ccc(F)cc1. The van der Waals surface area contributed by atoms with Crippen LogP contribution in [0, 0.1) is 5.82 Å². The van der Waals surface area contributed by atoms with Crippen LogP contribution in [0.2, 0.25) is 5.02 Å². The van der Waals surface area contributed by atoms with Crippen molar-refractivity contribution in [2.24, 2.45) is 5.73 Å². The summed E-state index contributed by atoms with van der Waals surface area (Å²) in [4.78, 5) is 1.09. The third-order valence-corrected chi connectivity index (χ3v) is 4.50. The Balaban J connectivity index is 2.21. The van der Waals surface area contributed by atoms with Gasteiger partial charge in [-0.05, 0) is 48.9 Å². The first kappa shape index (κ1) is 14.4. The summed E-state index contributed by atoms with van der Waals surface area (Å²) >= 11 is 7.53. The van der Waals surface area contributed by atoms with Gasteiger partial charge in [0.05, 0.1) is 0 Å². The summed E-state index contributed by atoms with van der Waals surface area (Å²) in [6, 6.07) is 14.1. The summed E-state index contributed by atoms with van der Waals surface area (Å²) in [5, 5.41) is 0.797. The van der Waals surface area contributed by atoms with Gasteiger partial charge >= 0.3 is 0 Å². The molecular weight excluding hydrogens is 281 g/mol. The van der Waals surface area contributed by atoms with Crippen LogP contribution in [0.4, 0.5) is 4.39 Å². The van der Waals surface area contributed by atoms with Gasteiger partial charge in [-0.25, -0.2) is 4.39 Å². The van der Waals surface area contributed by atoms with Gasteiger partial charge in [-0.1, -0.05) is 23.7 Å². The lowest BCUT2D eigenvalue weighted by Crippen LogP contribution is -2.22.